The first kappa shape index (κ1) is 20.6. The molecule has 0 unspecified atom stereocenters. The van der Waals surface area contributed by atoms with Gasteiger partial charge in [0.2, 0.25) is 5.91 Å². The highest BCUT2D eigenvalue weighted by atomic mass is 16.5. The molecular weight excluding hydrogens is 394 g/mol. The fraction of sp³-hybridized carbons (Fsp3) is 0.208. The van der Waals surface area contributed by atoms with E-state index in [1.807, 2.05) is 42.5 Å². The van der Waals surface area contributed by atoms with Gasteiger partial charge in [0, 0.05) is 31.4 Å². The summed E-state index contributed by atoms with van der Waals surface area (Å²) < 4.78 is 11.2. The number of pyridine rings is 1. The maximum Gasteiger partial charge on any atom is 0.269 e. The van der Waals surface area contributed by atoms with Crippen molar-refractivity contribution in [3.05, 3.63) is 83.2 Å². The van der Waals surface area contributed by atoms with E-state index in [0.717, 1.165) is 16.8 Å². The number of anilines is 1. The molecule has 0 fully saturated rings. The molecule has 1 aliphatic heterocycles. The minimum atomic E-state index is -0.271. The Morgan fingerprint density at radius 2 is 1.81 bits per heavy atom. The van der Waals surface area contributed by atoms with Crippen molar-refractivity contribution in [1.82, 2.24) is 10.3 Å². The van der Waals surface area contributed by atoms with Crippen molar-refractivity contribution in [2.24, 2.45) is 0 Å². The number of ether oxygens (including phenoxy) is 2. The van der Waals surface area contributed by atoms with Crippen LogP contribution in [0.1, 0.15) is 33.6 Å². The van der Waals surface area contributed by atoms with Crippen LogP contribution in [-0.2, 0) is 29.2 Å². The third-order valence-electron chi connectivity index (χ3n) is 5.00. The van der Waals surface area contributed by atoms with Crippen molar-refractivity contribution in [1.29, 1.82) is 0 Å². The van der Waals surface area contributed by atoms with Crippen LogP contribution in [0.25, 0.3) is 0 Å². The lowest BCUT2D eigenvalue weighted by atomic mass is 10.1. The lowest BCUT2D eigenvalue weighted by molar-refractivity contribution is -0.116. The molecular formula is C24H23N3O4. The monoisotopic (exact) mass is 417 g/mol. The standard InChI is InChI=1S/C24H23N3O4/c1-25-24(29)22-13-21(10-11-26-22)31-20-7-2-16(3-8-20)4-9-23(28)27-19-6-5-17-14-30-15-18(17)12-19/h2-3,5-8,10-13H,4,9,14-15H2,1H3,(H,25,29)(H,27,28). The Kier molecular flexibility index (Phi) is 6.24. The predicted octanol–water partition coefficient (Wildman–Crippen LogP) is 3.84. The summed E-state index contributed by atoms with van der Waals surface area (Å²) in [4.78, 5) is 28.0. The first-order chi connectivity index (χ1) is 15.1. The molecule has 1 aromatic heterocycles. The smallest absolute Gasteiger partial charge is 0.269 e. The zero-order valence-corrected chi connectivity index (χ0v) is 17.2. The van der Waals surface area contributed by atoms with E-state index in [-0.39, 0.29) is 11.8 Å². The third kappa shape index (κ3) is 5.26. The molecule has 0 radical (unpaired) electrons. The lowest BCUT2D eigenvalue weighted by Gasteiger charge is -2.09. The molecule has 7 heteroatoms. The van der Waals surface area contributed by atoms with Gasteiger partial charge in [-0.25, -0.2) is 0 Å². The number of rotatable bonds is 7. The molecule has 4 rings (SSSR count). The van der Waals surface area contributed by atoms with Gasteiger partial charge in [-0.3, -0.25) is 14.6 Å². The molecule has 0 aliphatic carbocycles. The number of carbonyl (C=O) groups is 2. The van der Waals surface area contributed by atoms with Crippen molar-refractivity contribution in [3.8, 4) is 11.5 Å². The minimum absolute atomic E-state index is 0.0299. The molecule has 2 N–H and O–H groups in total. The van der Waals surface area contributed by atoms with Crippen LogP contribution >= 0.6 is 0 Å². The molecule has 2 aromatic carbocycles. The number of fused-ring (bicyclic) bond motifs is 1. The van der Waals surface area contributed by atoms with Gasteiger partial charge in [-0.1, -0.05) is 18.2 Å². The van der Waals surface area contributed by atoms with Crippen LogP contribution in [-0.4, -0.2) is 23.8 Å². The molecule has 1 aliphatic rings. The molecule has 3 aromatic rings. The van der Waals surface area contributed by atoms with Gasteiger partial charge in [-0.15, -0.1) is 0 Å². The van der Waals surface area contributed by atoms with E-state index >= 15 is 0 Å². The van der Waals surface area contributed by atoms with E-state index in [1.54, 1.807) is 19.2 Å². The van der Waals surface area contributed by atoms with Crippen LogP contribution in [0.15, 0.2) is 60.8 Å². The number of benzene rings is 2. The number of aromatic nitrogens is 1. The Morgan fingerprint density at radius 3 is 2.61 bits per heavy atom. The summed E-state index contributed by atoms with van der Waals surface area (Å²) in [6, 6.07) is 16.7. The van der Waals surface area contributed by atoms with E-state index in [0.29, 0.717) is 43.2 Å². The van der Waals surface area contributed by atoms with Crippen molar-refractivity contribution >= 4 is 17.5 Å². The molecule has 2 amide bonds. The summed E-state index contributed by atoms with van der Waals surface area (Å²) in [5.41, 5.74) is 4.43. The van der Waals surface area contributed by atoms with Crippen molar-refractivity contribution in [2.45, 2.75) is 26.1 Å². The fourth-order valence-electron chi connectivity index (χ4n) is 3.32. The second-order valence-corrected chi connectivity index (χ2v) is 7.23. The Labute approximate surface area is 180 Å². The highest BCUT2D eigenvalue weighted by Gasteiger charge is 2.12. The van der Waals surface area contributed by atoms with E-state index in [9.17, 15) is 9.59 Å². The topological polar surface area (TPSA) is 89.5 Å². The number of hydrogen-bond acceptors (Lipinski definition) is 5. The van der Waals surface area contributed by atoms with E-state index in [2.05, 4.69) is 15.6 Å². The van der Waals surface area contributed by atoms with Gasteiger partial charge in [0.15, 0.2) is 0 Å². The van der Waals surface area contributed by atoms with Crippen molar-refractivity contribution in [3.63, 3.8) is 0 Å². The molecule has 0 saturated heterocycles. The van der Waals surface area contributed by atoms with Gasteiger partial charge in [-0.05, 0) is 53.4 Å². The van der Waals surface area contributed by atoms with Gasteiger partial charge in [-0.2, -0.15) is 0 Å². The van der Waals surface area contributed by atoms with Gasteiger partial charge < -0.3 is 20.1 Å². The summed E-state index contributed by atoms with van der Waals surface area (Å²) in [5, 5.41) is 5.48. The fourth-order valence-corrected chi connectivity index (χ4v) is 3.32. The number of hydrogen-bond donors (Lipinski definition) is 2. The van der Waals surface area contributed by atoms with Crippen LogP contribution in [0.3, 0.4) is 0 Å². The highest BCUT2D eigenvalue weighted by Crippen LogP contribution is 2.24. The summed E-state index contributed by atoms with van der Waals surface area (Å²) >= 11 is 0. The van der Waals surface area contributed by atoms with Crippen LogP contribution in [0.4, 0.5) is 5.69 Å². The summed E-state index contributed by atoms with van der Waals surface area (Å²) in [6.07, 6.45) is 2.53. The number of carbonyl (C=O) groups excluding carboxylic acids is 2. The number of amides is 2. The largest absolute Gasteiger partial charge is 0.457 e. The van der Waals surface area contributed by atoms with Crippen molar-refractivity contribution in [2.75, 3.05) is 12.4 Å². The lowest BCUT2D eigenvalue weighted by Crippen LogP contribution is -2.18. The molecule has 31 heavy (non-hydrogen) atoms. The highest BCUT2D eigenvalue weighted by molar-refractivity contribution is 5.92. The number of nitrogens with one attached hydrogen (secondary N) is 2. The first-order valence-corrected chi connectivity index (χ1v) is 10.0. The van der Waals surface area contributed by atoms with Crippen LogP contribution in [0.5, 0.6) is 11.5 Å². The molecule has 0 bridgehead atoms. The first-order valence-electron chi connectivity index (χ1n) is 10.0. The van der Waals surface area contributed by atoms with Crippen LogP contribution < -0.4 is 15.4 Å². The SMILES string of the molecule is CNC(=O)c1cc(Oc2ccc(CCC(=O)Nc3ccc4c(c3)COC4)cc2)ccn1. The summed E-state index contributed by atoms with van der Waals surface area (Å²) in [6.45, 7) is 1.24. The molecule has 7 nitrogen and oxygen atoms in total. The quantitative estimate of drug-likeness (QED) is 0.610. The van der Waals surface area contributed by atoms with Gasteiger partial charge in [0.05, 0.1) is 13.2 Å². The van der Waals surface area contributed by atoms with Gasteiger partial charge in [0.25, 0.3) is 5.91 Å². The predicted molar refractivity (Wildman–Crippen MR) is 116 cm³/mol. The molecule has 0 saturated carbocycles. The number of nitrogens with zero attached hydrogens (tertiary/aromatic N) is 1. The average molecular weight is 417 g/mol. The van der Waals surface area contributed by atoms with Gasteiger partial charge in [0.1, 0.15) is 17.2 Å². The van der Waals surface area contributed by atoms with E-state index in [4.69, 9.17) is 9.47 Å². The van der Waals surface area contributed by atoms with Crippen molar-refractivity contribution < 1.29 is 19.1 Å². The zero-order chi connectivity index (χ0) is 21.6. The second-order valence-electron chi connectivity index (χ2n) is 7.23. The van der Waals surface area contributed by atoms with Gasteiger partial charge >= 0.3 is 0 Å². The summed E-state index contributed by atoms with van der Waals surface area (Å²) in [7, 11) is 1.55. The average Bonchev–Trinajstić information content (AvgIpc) is 3.26. The molecule has 0 spiro atoms. The van der Waals surface area contributed by atoms with E-state index in [1.165, 1.54) is 11.8 Å². The zero-order valence-electron chi connectivity index (χ0n) is 17.2. The second kappa shape index (κ2) is 9.40. The Balaban J connectivity index is 1.29. The minimum Gasteiger partial charge on any atom is -0.457 e. The number of aryl methyl sites for hydroxylation is 1. The third-order valence-corrected chi connectivity index (χ3v) is 5.00. The van der Waals surface area contributed by atoms with E-state index < -0.39 is 0 Å². The van der Waals surface area contributed by atoms with Crippen LogP contribution in [0.2, 0.25) is 0 Å². The Morgan fingerprint density at radius 1 is 1.00 bits per heavy atom. The molecule has 0 atom stereocenters. The Bertz CT molecular complexity index is 1100. The maximum atomic E-state index is 12.3. The normalized spacial score (nSPS) is 12.2. The molecule has 158 valence electrons. The maximum absolute atomic E-state index is 12.3. The Hall–Kier alpha value is -3.71. The summed E-state index contributed by atoms with van der Waals surface area (Å²) in [5.74, 6) is 0.869. The molecule has 2 heterocycles. The van der Waals surface area contributed by atoms with Crippen LogP contribution in [0, 0.1) is 0 Å².